The van der Waals surface area contributed by atoms with Crippen LogP contribution in [-0.4, -0.2) is 27.6 Å². The molecule has 1 amide bonds. The molecule has 0 spiro atoms. The summed E-state index contributed by atoms with van der Waals surface area (Å²) in [4.78, 5) is 14.3. The van der Waals surface area contributed by atoms with Crippen LogP contribution in [0.15, 0.2) is 36.4 Å². The molecule has 23 heavy (non-hydrogen) atoms. The second-order valence-corrected chi connectivity index (χ2v) is 6.52. The molecular formula is C19H19NO3. The van der Waals surface area contributed by atoms with Crippen molar-refractivity contribution < 1.29 is 15.0 Å². The zero-order valence-corrected chi connectivity index (χ0v) is 12.8. The normalized spacial score (nSPS) is 19.6. The lowest BCUT2D eigenvalue weighted by Crippen LogP contribution is -2.32. The Balaban J connectivity index is 1.51. The van der Waals surface area contributed by atoms with E-state index in [1.807, 2.05) is 0 Å². The Bertz CT molecular complexity index is 784. The number of amides is 1. The largest absolute Gasteiger partial charge is 0.504 e. The Morgan fingerprint density at radius 1 is 1.09 bits per heavy atom. The minimum atomic E-state index is -0.162. The molecule has 0 bridgehead atoms. The monoisotopic (exact) mass is 309 g/mol. The first kappa shape index (κ1) is 14.1. The third kappa shape index (κ3) is 2.34. The summed E-state index contributed by atoms with van der Waals surface area (Å²) in [6.07, 6.45) is 3.13. The van der Waals surface area contributed by atoms with Gasteiger partial charge < -0.3 is 15.1 Å². The molecule has 1 heterocycles. The molecule has 4 nitrogen and oxygen atoms in total. The third-order valence-electron chi connectivity index (χ3n) is 5.06. The number of carbonyl (C=O) groups is 1. The molecule has 4 heteroatoms. The van der Waals surface area contributed by atoms with Crippen LogP contribution >= 0.6 is 0 Å². The predicted molar refractivity (Wildman–Crippen MR) is 86.5 cm³/mol. The number of phenols is 2. The van der Waals surface area contributed by atoms with Crippen molar-refractivity contribution in [1.82, 2.24) is 4.90 Å². The fraction of sp³-hybridized carbons (Fsp3) is 0.316. The van der Waals surface area contributed by atoms with Crippen LogP contribution in [0.3, 0.4) is 0 Å². The molecule has 4 rings (SSSR count). The molecule has 0 radical (unpaired) electrons. The highest BCUT2D eigenvalue weighted by molar-refractivity contribution is 5.99. The van der Waals surface area contributed by atoms with E-state index in [0.717, 1.165) is 19.3 Å². The summed E-state index contributed by atoms with van der Waals surface area (Å²) < 4.78 is 0. The lowest BCUT2D eigenvalue weighted by atomic mass is 9.83. The van der Waals surface area contributed by atoms with Crippen LogP contribution in [0.2, 0.25) is 0 Å². The van der Waals surface area contributed by atoms with Gasteiger partial charge in [-0.15, -0.1) is 0 Å². The Labute approximate surface area is 135 Å². The SMILES string of the molecule is O=C1c2ccc(O)c(O)c2CN1CC1CCc2ccccc2C1. The Kier molecular flexibility index (Phi) is 3.26. The summed E-state index contributed by atoms with van der Waals surface area (Å²) in [5, 5.41) is 19.6. The number of hydrogen-bond acceptors (Lipinski definition) is 3. The second kappa shape index (κ2) is 5.30. The van der Waals surface area contributed by atoms with E-state index < -0.39 is 0 Å². The first-order chi connectivity index (χ1) is 11.1. The quantitative estimate of drug-likeness (QED) is 0.839. The maximum atomic E-state index is 12.5. The fourth-order valence-corrected chi connectivity index (χ4v) is 3.81. The highest BCUT2D eigenvalue weighted by Crippen LogP contribution is 2.37. The van der Waals surface area contributed by atoms with Crippen molar-refractivity contribution in [2.24, 2.45) is 5.92 Å². The molecule has 2 aromatic carbocycles. The lowest BCUT2D eigenvalue weighted by molar-refractivity contribution is 0.0746. The molecule has 0 fully saturated rings. The average molecular weight is 309 g/mol. The fourth-order valence-electron chi connectivity index (χ4n) is 3.81. The van der Waals surface area contributed by atoms with Crippen molar-refractivity contribution in [2.45, 2.75) is 25.8 Å². The van der Waals surface area contributed by atoms with E-state index in [0.29, 0.717) is 30.1 Å². The molecule has 2 N–H and O–H groups in total. The maximum Gasteiger partial charge on any atom is 0.254 e. The first-order valence-electron chi connectivity index (χ1n) is 8.03. The third-order valence-corrected chi connectivity index (χ3v) is 5.06. The topological polar surface area (TPSA) is 60.8 Å². The summed E-state index contributed by atoms with van der Waals surface area (Å²) in [6.45, 7) is 1.08. The van der Waals surface area contributed by atoms with E-state index in [4.69, 9.17) is 0 Å². The smallest absolute Gasteiger partial charge is 0.254 e. The van der Waals surface area contributed by atoms with Crippen LogP contribution in [0, 0.1) is 5.92 Å². The highest BCUT2D eigenvalue weighted by Gasteiger charge is 2.32. The standard InChI is InChI=1S/C19H19NO3/c21-17-8-7-15-16(18(17)22)11-20(19(15)23)10-12-5-6-13-3-1-2-4-14(13)9-12/h1-4,7-8,12,21-22H,5-6,9-11H2. The molecule has 2 aliphatic rings. The summed E-state index contributed by atoms with van der Waals surface area (Å²) in [5.74, 6) is 0.0744. The summed E-state index contributed by atoms with van der Waals surface area (Å²) >= 11 is 0. The number of nitrogens with zero attached hydrogens (tertiary/aromatic N) is 1. The van der Waals surface area contributed by atoms with Crippen molar-refractivity contribution >= 4 is 5.91 Å². The van der Waals surface area contributed by atoms with Crippen LogP contribution in [0.5, 0.6) is 11.5 Å². The molecule has 1 unspecified atom stereocenters. The average Bonchev–Trinajstić information content (AvgIpc) is 2.88. The number of phenolic OH excluding ortho intramolecular Hbond substituents is 2. The number of benzene rings is 2. The zero-order valence-electron chi connectivity index (χ0n) is 12.8. The van der Waals surface area contributed by atoms with Gasteiger partial charge in [-0.05, 0) is 48.4 Å². The zero-order chi connectivity index (χ0) is 16.0. The molecule has 0 saturated carbocycles. The maximum absolute atomic E-state index is 12.5. The lowest BCUT2D eigenvalue weighted by Gasteiger charge is -2.28. The van der Waals surface area contributed by atoms with E-state index in [-0.39, 0.29) is 17.4 Å². The van der Waals surface area contributed by atoms with E-state index in [9.17, 15) is 15.0 Å². The Morgan fingerprint density at radius 2 is 1.87 bits per heavy atom. The Hall–Kier alpha value is -2.49. The van der Waals surface area contributed by atoms with Gasteiger partial charge in [0, 0.05) is 17.7 Å². The van der Waals surface area contributed by atoms with Gasteiger partial charge in [-0.25, -0.2) is 0 Å². The first-order valence-corrected chi connectivity index (χ1v) is 8.03. The number of hydrogen-bond donors (Lipinski definition) is 2. The van der Waals surface area contributed by atoms with Gasteiger partial charge in [-0.3, -0.25) is 4.79 Å². The van der Waals surface area contributed by atoms with Gasteiger partial charge in [0.2, 0.25) is 0 Å². The highest BCUT2D eigenvalue weighted by atomic mass is 16.3. The molecule has 1 aliphatic heterocycles. The summed E-state index contributed by atoms with van der Waals surface area (Å²) in [6, 6.07) is 11.5. The molecule has 0 aromatic heterocycles. The minimum absolute atomic E-state index is 0.0471. The molecular weight excluding hydrogens is 290 g/mol. The minimum Gasteiger partial charge on any atom is -0.504 e. The van der Waals surface area contributed by atoms with Crippen LogP contribution < -0.4 is 0 Å². The number of aromatic hydroxyl groups is 2. The molecule has 1 aliphatic carbocycles. The van der Waals surface area contributed by atoms with Crippen LogP contribution in [-0.2, 0) is 19.4 Å². The van der Waals surface area contributed by atoms with Crippen molar-refractivity contribution in [1.29, 1.82) is 0 Å². The molecule has 2 aromatic rings. The van der Waals surface area contributed by atoms with E-state index >= 15 is 0 Å². The van der Waals surface area contributed by atoms with Gasteiger partial charge in [-0.2, -0.15) is 0 Å². The van der Waals surface area contributed by atoms with Gasteiger partial charge in [0.15, 0.2) is 11.5 Å². The van der Waals surface area contributed by atoms with Crippen LogP contribution in [0.1, 0.15) is 33.5 Å². The number of carbonyl (C=O) groups excluding carboxylic acids is 1. The van der Waals surface area contributed by atoms with Gasteiger partial charge in [0.05, 0.1) is 6.54 Å². The Morgan fingerprint density at radius 3 is 2.70 bits per heavy atom. The molecule has 1 atom stereocenters. The van der Waals surface area contributed by atoms with Gasteiger partial charge in [0.25, 0.3) is 5.91 Å². The summed E-state index contributed by atoms with van der Waals surface area (Å²) in [5.41, 5.74) is 3.86. The van der Waals surface area contributed by atoms with Gasteiger partial charge >= 0.3 is 0 Å². The van der Waals surface area contributed by atoms with E-state index in [1.54, 1.807) is 11.0 Å². The van der Waals surface area contributed by atoms with Crippen molar-refractivity contribution in [2.75, 3.05) is 6.54 Å². The van der Waals surface area contributed by atoms with Crippen LogP contribution in [0.25, 0.3) is 0 Å². The number of aryl methyl sites for hydroxylation is 1. The van der Waals surface area contributed by atoms with Crippen LogP contribution in [0.4, 0.5) is 0 Å². The van der Waals surface area contributed by atoms with E-state index in [2.05, 4.69) is 24.3 Å². The van der Waals surface area contributed by atoms with Gasteiger partial charge in [-0.1, -0.05) is 24.3 Å². The molecule has 0 saturated heterocycles. The number of fused-ring (bicyclic) bond motifs is 2. The summed E-state index contributed by atoms with van der Waals surface area (Å²) in [7, 11) is 0. The molecule has 118 valence electrons. The van der Waals surface area contributed by atoms with Crippen molar-refractivity contribution in [3.8, 4) is 11.5 Å². The predicted octanol–water partition coefficient (Wildman–Crippen LogP) is 2.86. The number of rotatable bonds is 2. The van der Waals surface area contributed by atoms with Crippen molar-refractivity contribution in [3.63, 3.8) is 0 Å². The van der Waals surface area contributed by atoms with Crippen molar-refractivity contribution in [3.05, 3.63) is 58.7 Å². The van der Waals surface area contributed by atoms with E-state index in [1.165, 1.54) is 17.2 Å². The second-order valence-electron chi connectivity index (χ2n) is 6.52. The van der Waals surface area contributed by atoms with Gasteiger partial charge in [0.1, 0.15) is 0 Å².